The molecule has 0 aromatic carbocycles. The van der Waals surface area contributed by atoms with Crippen molar-refractivity contribution in [2.75, 3.05) is 52.5 Å². The molecule has 0 aromatic heterocycles. The molecule has 0 aromatic rings. The Balaban J connectivity index is 2.38. The van der Waals surface area contributed by atoms with Crippen LogP contribution in [0.2, 0.25) is 0 Å². The fourth-order valence-electron chi connectivity index (χ4n) is 9.65. The summed E-state index contributed by atoms with van der Waals surface area (Å²) in [6.07, 6.45) is 45.3. The summed E-state index contributed by atoms with van der Waals surface area (Å²) in [6, 6.07) is 0. The van der Waals surface area contributed by atoms with Gasteiger partial charge in [0.25, 0.3) is 0 Å². The van der Waals surface area contributed by atoms with Crippen LogP contribution in [-0.2, 0) is 19.1 Å². The van der Waals surface area contributed by atoms with Crippen molar-refractivity contribution in [3.05, 3.63) is 0 Å². The van der Waals surface area contributed by atoms with Gasteiger partial charge in [0, 0.05) is 0 Å². The Bertz CT molecular complexity index is 956. The predicted molar refractivity (Wildman–Crippen MR) is 269 cm³/mol. The first-order valence-corrected chi connectivity index (χ1v) is 28.1. The van der Waals surface area contributed by atoms with Crippen LogP contribution in [0, 0.1) is 23.7 Å². The molecule has 1 aliphatic rings. The molecule has 0 spiro atoms. The van der Waals surface area contributed by atoms with E-state index in [4.69, 9.17) is 9.47 Å². The second-order valence-electron chi connectivity index (χ2n) is 20.4. The van der Waals surface area contributed by atoms with Gasteiger partial charge >= 0.3 is 11.9 Å². The van der Waals surface area contributed by atoms with Crippen molar-refractivity contribution >= 4 is 11.9 Å². The Hall–Kier alpha value is -1.14. The van der Waals surface area contributed by atoms with E-state index in [-0.39, 0.29) is 23.8 Å². The van der Waals surface area contributed by atoms with E-state index >= 15 is 0 Å². The number of esters is 2. The molecule has 1 fully saturated rings. The Morgan fingerprint density at radius 2 is 0.726 bits per heavy atom. The van der Waals surface area contributed by atoms with Gasteiger partial charge in [-0.2, -0.15) is 0 Å². The number of hydrogen-bond acceptors (Lipinski definition) is 6. The molecule has 368 valence electrons. The van der Waals surface area contributed by atoms with Gasteiger partial charge in [-0.15, -0.1) is 0 Å². The summed E-state index contributed by atoms with van der Waals surface area (Å²) in [6.45, 7) is 22.0. The first kappa shape index (κ1) is 58.9. The first-order chi connectivity index (χ1) is 30.3. The molecule has 3 unspecified atom stereocenters. The van der Waals surface area contributed by atoms with E-state index in [1.165, 1.54) is 245 Å². The smallest absolute Gasteiger partial charge is 0.308 e. The standard InChI is InChI=1S/C56H110N2O4/c1-7-11-15-19-29-40-53(39-28-18-14-10-4)49-61-55(59)51(5)37-26-22-24-32-43-57(47-36-48-58-45-34-35-46-58)44-33-25-23-27-38-52(6)56(60)62-50-54(41-30-20-16-12-8-2)42-31-21-17-13-9-3/h51-54H,7-50H2,1-6H3. The average molecular weight is 876 g/mol. The van der Waals surface area contributed by atoms with Crippen molar-refractivity contribution in [2.45, 2.75) is 273 Å². The van der Waals surface area contributed by atoms with Crippen LogP contribution in [0.25, 0.3) is 0 Å². The third-order valence-electron chi connectivity index (χ3n) is 14.2. The van der Waals surface area contributed by atoms with Crippen molar-refractivity contribution < 1.29 is 19.1 Å². The van der Waals surface area contributed by atoms with E-state index in [0.29, 0.717) is 25.0 Å². The van der Waals surface area contributed by atoms with Gasteiger partial charge in [-0.05, 0) is 122 Å². The molecule has 0 bridgehead atoms. The van der Waals surface area contributed by atoms with Gasteiger partial charge in [-0.1, -0.05) is 202 Å². The van der Waals surface area contributed by atoms with E-state index in [9.17, 15) is 9.59 Å². The van der Waals surface area contributed by atoms with Crippen molar-refractivity contribution in [2.24, 2.45) is 23.7 Å². The van der Waals surface area contributed by atoms with Crippen LogP contribution in [0.1, 0.15) is 273 Å². The number of carbonyl (C=O) groups excluding carboxylic acids is 2. The summed E-state index contributed by atoms with van der Waals surface area (Å²) in [5.41, 5.74) is 0. The van der Waals surface area contributed by atoms with Gasteiger partial charge in [0.1, 0.15) is 0 Å². The molecule has 0 amide bonds. The zero-order chi connectivity index (χ0) is 45.1. The van der Waals surface area contributed by atoms with Crippen LogP contribution in [0.5, 0.6) is 0 Å². The highest BCUT2D eigenvalue weighted by atomic mass is 16.5. The molecule has 62 heavy (non-hydrogen) atoms. The van der Waals surface area contributed by atoms with E-state index in [1.807, 2.05) is 0 Å². The summed E-state index contributed by atoms with van der Waals surface area (Å²) >= 11 is 0. The highest BCUT2D eigenvalue weighted by molar-refractivity contribution is 5.72. The van der Waals surface area contributed by atoms with Crippen LogP contribution in [0.4, 0.5) is 0 Å². The molecular weight excluding hydrogens is 765 g/mol. The van der Waals surface area contributed by atoms with Gasteiger partial charge in [-0.3, -0.25) is 9.59 Å². The fraction of sp³-hybridized carbons (Fsp3) is 0.964. The molecule has 1 rings (SSSR count). The quantitative estimate of drug-likeness (QED) is 0.0448. The fourth-order valence-corrected chi connectivity index (χ4v) is 9.65. The van der Waals surface area contributed by atoms with Crippen LogP contribution < -0.4 is 0 Å². The second kappa shape index (κ2) is 43.7. The minimum atomic E-state index is 0.00727. The summed E-state index contributed by atoms with van der Waals surface area (Å²) in [5.74, 6) is 1.15. The molecule has 1 saturated heterocycles. The normalized spacial score (nSPS) is 14.8. The topological polar surface area (TPSA) is 59.1 Å². The number of nitrogens with zero attached hydrogens (tertiary/aromatic N) is 2. The lowest BCUT2D eigenvalue weighted by Crippen LogP contribution is -2.30. The van der Waals surface area contributed by atoms with Crippen LogP contribution in [-0.4, -0.2) is 74.2 Å². The molecular formula is C56H110N2O4. The molecule has 6 nitrogen and oxygen atoms in total. The maximum Gasteiger partial charge on any atom is 0.308 e. The third-order valence-corrected chi connectivity index (χ3v) is 14.2. The summed E-state index contributed by atoms with van der Waals surface area (Å²) in [4.78, 5) is 31.4. The third kappa shape index (κ3) is 35.2. The van der Waals surface area contributed by atoms with E-state index in [0.717, 1.165) is 25.7 Å². The lowest BCUT2D eigenvalue weighted by atomic mass is 9.95. The predicted octanol–water partition coefficient (Wildman–Crippen LogP) is 16.3. The SMILES string of the molecule is CCCCCCCC(CCCCCC)COC(=O)C(C)CCCCCCN(CCCCCCC(C)C(=O)OCC(CCCCCCC)CCCCCCC)CCCN1CCCC1. The second-order valence-corrected chi connectivity index (χ2v) is 20.4. The van der Waals surface area contributed by atoms with Gasteiger partial charge in [0.2, 0.25) is 0 Å². The van der Waals surface area contributed by atoms with Gasteiger partial charge < -0.3 is 19.3 Å². The van der Waals surface area contributed by atoms with Crippen molar-refractivity contribution in [1.82, 2.24) is 9.80 Å². The lowest BCUT2D eigenvalue weighted by Gasteiger charge is -2.24. The Morgan fingerprint density at radius 1 is 0.419 bits per heavy atom. The molecule has 0 N–H and O–H groups in total. The van der Waals surface area contributed by atoms with E-state index in [2.05, 4.69) is 51.3 Å². The maximum atomic E-state index is 13.0. The maximum absolute atomic E-state index is 13.0. The van der Waals surface area contributed by atoms with Crippen LogP contribution in [0.3, 0.4) is 0 Å². The van der Waals surface area contributed by atoms with E-state index < -0.39 is 0 Å². The van der Waals surface area contributed by atoms with Crippen LogP contribution in [0.15, 0.2) is 0 Å². The molecule has 3 atom stereocenters. The molecule has 6 heteroatoms. The van der Waals surface area contributed by atoms with E-state index in [1.54, 1.807) is 0 Å². The number of hydrogen-bond donors (Lipinski definition) is 0. The minimum absolute atomic E-state index is 0.00727. The summed E-state index contributed by atoms with van der Waals surface area (Å²) in [7, 11) is 0. The number of rotatable bonds is 47. The number of unbranched alkanes of at least 4 members (excludes halogenated alkanes) is 21. The van der Waals surface area contributed by atoms with Gasteiger partial charge in [0.05, 0.1) is 25.0 Å². The van der Waals surface area contributed by atoms with Crippen LogP contribution >= 0.6 is 0 Å². The molecule has 0 aliphatic carbocycles. The van der Waals surface area contributed by atoms with Gasteiger partial charge in [-0.25, -0.2) is 0 Å². The summed E-state index contributed by atoms with van der Waals surface area (Å²) in [5, 5.41) is 0. The lowest BCUT2D eigenvalue weighted by molar-refractivity contribution is -0.150. The molecule has 0 saturated carbocycles. The Kier molecular flexibility index (Phi) is 41.5. The number of likely N-dealkylation sites (tertiary alicyclic amines) is 1. The van der Waals surface area contributed by atoms with Gasteiger partial charge in [0.15, 0.2) is 0 Å². The zero-order valence-corrected chi connectivity index (χ0v) is 42.9. The van der Waals surface area contributed by atoms with Crippen molar-refractivity contribution in [3.8, 4) is 0 Å². The monoisotopic (exact) mass is 875 g/mol. The largest absolute Gasteiger partial charge is 0.465 e. The van der Waals surface area contributed by atoms with Crippen molar-refractivity contribution in [1.29, 1.82) is 0 Å². The highest BCUT2D eigenvalue weighted by Crippen LogP contribution is 2.23. The minimum Gasteiger partial charge on any atom is -0.465 e. The molecule has 0 radical (unpaired) electrons. The summed E-state index contributed by atoms with van der Waals surface area (Å²) < 4.78 is 11.9. The highest BCUT2D eigenvalue weighted by Gasteiger charge is 2.19. The molecule has 1 heterocycles. The zero-order valence-electron chi connectivity index (χ0n) is 42.9. The van der Waals surface area contributed by atoms with Crippen molar-refractivity contribution in [3.63, 3.8) is 0 Å². The molecule has 1 aliphatic heterocycles. The number of ether oxygens (including phenoxy) is 2. The number of carbonyl (C=O) groups is 2. The first-order valence-electron chi connectivity index (χ1n) is 28.1. The Labute approximate surface area is 388 Å². The average Bonchev–Trinajstić information content (AvgIpc) is 3.80. The Morgan fingerprint density at radius 3 is 1.10 bits per heavy atom.